The summed E-state index contributed by atoms with van der Waals surface area (Å²) in [5, 5.41) is 8.87. The molecule has 3 aromatic rings. The Kier molecular flexibility index (Phi) is 5.04. The van der Waals surface area contributed by atoms with Crippen LogP contribution in [0.1, 0.15) is 29.4 Å². The molecule has 144 valence electrons. The lowest BCUT2D eigenvalue weighted by Crippen LogP contribution is -2.19. The van der Waals surface area contributed by atoms with Crippen LogP contribution in [0.15, 0.2) is 42.5 Å². The summed E-state index contributed by atoms with van der Waals surface area (Å²) in [6.07, 6.45) is 1.29. The van der Waals surface area contributed by atoms with E-state index in [1.807, 2.05) is 35.0 Å². The zero-order chi connectivity index (χ0) is 19.8. The van der Waals surface area contributed by atoms with Crippen LogP contribution in [0.2, 0.25) is 10.0 Å². The molecule has 28 heavy (non-hydrogen) atoms. The number of nitrogens with zero attached hydrogens (tertiary/aromatic N) is 2. The van der Waals surface area contributed by atoms with E-state index in [4.69, 9.17) is 33.0 Å². The Morgan fingerprint density at radius 1 is 1.11 bits per heavy atom. The molecule has 0 aliphatic heterocycles. The smallest absolute Gasteiger partial charge is 0.168 e. The maximum absolute atomic E-state index is 12.8. The molecule has 0 unspecified atom stereocenters. The molecule has 0 spiro atoms. The van der Waals surface area contributed by atoms with Gasteiger partial charge in [-0.25, -0.2) is 4.68 Å². The summed E-state index contributed by atoms with van der Waals surface area (Å²) in [6.45, 7) is 2.08. The van der Waals surface area contributed by atoms with Crippen LogP contribution in [0.3, 0.4) is 0 Å². The zero-order valence-electron chi connectivity index (χ0n) is 15.5. The maximum Gasteiger partial charge on any atom is 0.168 e. The van der Waals surface area contributed by atoms with Gasteiger partial charge in [0.2, 0.25) is 0 Å². The minimum atomic E-state index is 0.0936. The summed E-state index contributed by atoms with van der Waals surface area (Å²) in [5.74, 6) is 1.66. The molecule has 1 atom stereocenters. The highest BCUT2D eigenvalue weighted by molar-refractivity contribution is 6.42. The summed E-state index contributed by atoms with van der Waals surface area (Å²) < 4.78 is 7.07. The Morgan fingerprint density at radius 3 is 2.54 bits per heavy atom. The van der Waals surface area contributed by atoms with E-state index >= 15 is 0 Å². The minimum Gasteiger partial charge on any atom is -0.497 e. The number of Topliss-reactive ketones (excluding diaryl/α,β-unsaturated/α-hetero) is 1. The van der Waals surface area contributed by atoms with Crippen LogP contribution in [-0.2, 0) is 6.42 Å². The lowest BCUT2D eigenvalue weighted by atomic mass is 9.87. The van der Waals surface area contributed by atoms with Crippen LogP contribution >= 0.6 is 23.2 Å². The van der Waals surface area contributed by atoms with E-state index < -0.39 is 0 Å². The van der Waals surface area contributed by atoms with Crippen LogP contribution in [-0.4, -0.2) is 22.7 Å². The lowest BCUT2D eigenvalue weighted by Gasteiger charge is -2.19. The second-order valence-electron chi connectivity index (χ2n) is 6.97. The van der Waals surface area contributed by atoms with Gasteiger partial charge in [0, 0.05) is 12.1 Å². The van der Waals surface area contributed by atoms with Crippen LogP contribution in [0.25, 0.3) is 5.69 Å². The number of hydrogen-bond donors (Lipinski definition) is 1. The first-order valence-electron chi connectivity index (χ1n) is 8.98. The van der Waals surface area contributed by atoms with Gasteiger partial charge >= 0.3 is 0 Å². The number of rotatable bonds is 4. The highest BCUT2D eigenvalue weighted by Crippen LogP contribution is 2.35. The van der Waals surface area contributed by atoms with Gasteiger partial charge in [-0.15, -0.1) is 5.10 Å². The number of methoxy groups -OCH3 is 1. The Hall–Kier alpha value is -2.50. The zero-order valence-corrected chi connectivity index (χ0v) is 17.0. The first-order valence-corrected chi connectivity index (χ1v) is 9.73. The van der Waals surface area contributed by atoms with E-state index in [0.29, 0.717) is 27.8 Å². The van der Waals surface area contributed by atoms with Crippen molar-refractivity contribution < 1.29 is 9.53 Å². The summed E-state index contributed by atoms with van der Waals surface area (Å²) in [4.78, 5) is 12.8. The van der Waals surface area contributed by atoms with Gasteiger partial charge in [-0.05, 0) is 54.8 Å². The van der Waals surface area contributed by atoms with Gasteiger partial charge in [-0.2, -0.15) is 0 Å². The Labute approximate surface area is 173 Å². The second-order valence-corrected chi connectivity index (χ2v) is 7.79. The van der Waals surface area contributed by atoms with Crippen molar-refractivity contribution in [3.8, 4) is 11.4 Å². The fourth-order valence-electron chi connectivity index (χ4n) is 3.49. The molecule has 1 aliphatic carbocycles. The molecule has 5 nitrogen and oxygen atoms in total. The predicted octanol–water partition coefficient (Wildman–Crippen LogP) is 5.70. The van der Waals surface area contributed by atoms with Gasteiger partial charge in [0.1, 0.15) is 5.75 Å². The highest BCUT2D eigenvalue weighted by atomic mass is 35.5. The van der Waals surface area contributed by atoms with Crippen LogP contribution in [0.4, 0.5) is 11.5 Å². The molecular formula is C21H19Cl2N3O2. The van der Waals surface area contributed by atoms with Crippen molar-refractivity contribution in [1.82, 2.24) is 9.78 Å². The molecule has 1 N–H and O–H groups in total. The quantitative estimate of drug-likeness (QED) is 0.593. The Bertz CT molecular complexity index is 1040. The highest BCUT2D eigenvalue weighted by Gasteiger charge is 2.31. The van der Waals surface area contributed by atoms with Crippen LogP contribution < -0.4 is 10.1 Å². The fourth-order valence-corrected chi connectivity index (χ4v) is 3.79. The monoisotopic (exact) mass is 415 g/mol. The summed E-state index contributed by atoms with van der Waals surface area (Å²) >= 11 is 12.1. The number of carbonyl (C=O) groups is 1. The maximum atomic E-state index is 12.8. The number of halogens is 2. The van der Waals surface area contributed by atoms with Crippen LogP contribution in [0, 0.1) is 5.92 Å². The molecule has 2 aromatic carbocycles. The summed E-state index contributed by atoms with van der Waals surface area (Å²) in [6, 6.07) is 12.9. The molecule has 7 heteroatoms. The van der Waals surface area contributed by atoms with Crippen molar-refractivity contribution in [2.75, 3.05) is 12.4 Å². The number of carbonyl (C=O) groups excluding carboxylic acids is 1. The molecule has 1 aromatic heterocycles. The van der Waals surface area contributed by atoms with Gasteiger partial charge in [-0.1, -0.05) is 30.1 Å². The number of aromatic nitrogens is 2. The van der Waals surface area contributed by atoms with Gasteiger partial charge in [-0.3, -0.25) is 4.79 Å². The number of nitrogens with one attached hydrogen (secondary N) is 1. The van der Waals surface area contributed by atoms with Crippen molar-refractivity contribution in [1.29, 1.82) is 0 Å². The molecule has 0 saturated carbocycles. The SMILES string of the molecule is COc1ccc(-n2nc(Nc3ccc(Cl)c(Cl)c3)c3c2C[C@H](C)CC3=O)cc1. The number of hydrogen-bond acceptors (Lipinski definition) is 4. The molecule has 0 saturated heterocycles. The summed E-state index contributed by atoms with van der Waals surface area (Å²) in [7, 11) is 1.63. The Balaban J connectivity index is 1.80. The van der Waals surface area contributed by atoms with Crippen molar-refractivity contribution in [3.63, 3.8) is 0 Å². The molecular weight excluding hydrogens is 397 g/mol. The average Bonchev–Trinajstić information content (AvgIpc) is 3.03. The molecule has 0 radical (unpaired) electrons. The fraction of sp³-hybridized carbons (Fsp3) is 0.238. The first kappa shape index (κ1) is 18.8. The molecule has 4 rings (SSSR count). The third-order valence-electron chi connectivity index (χ3n) is 4.83. The first-order chi connectivity index (χ1) is 13.5. The number of fused-ring (bicyclic) bond motifs is 1. The van der Waals surface area contributed by atoms with E-state index in [2.05, 4.69) is 12.2 Å². The van der Waals surface area contributed by atoms with E-state index in [1.165, 1.54) is 0 Å². The van der Waals surface area contributed by atoms with Gasteiger partial charge in [0.15, 0.2) is 11.6 Å². The molecule has 0 fully saturated rings. The van der Waals surface area contributed by atoms with Gasteiger partial charge < -0.3 is 10.1 Å². The van der Waals surface area contributed by atoms with E-state index in [-0.39, 0.29) is 11.7 Å². The molecule has 1 aliphatic rings. The second kappa shape index (κ2) is 7.49. The summed E-state index contributed by atoms with van der Waals surface area (Å²) in [5.41, 5.74) is 3.15. The topological polar surface area (TPSA) is 56.1 Å². The number of ether oxygens (including phenoxy) is 1. The molecule has 0 amide bonds. The number of benzene rings is 2. The number of anilines is 2. The third kappa shape index (κ3) is 3.48. The van der Waals surface area contributed by atoms with E-state index in [0.717, 1.165) is 29.2 Å². The lowest BCUT2D eigenvalue weighted by molar-refractivity contribution is 0.0953. The molecule has 1 heterocycles. The standard InChI is InChI=1S/C21H19Cl2N3O2/c1-12-9-18-20(19(27)10-12)21(24-13-3-8-16(22)17(23)11-13)25-26(18)14-4-6-15(28-2)7-5-14/h3-8,11-12H,9-10H2,1-2H3,(H,24,25)/t12-/m0/s1. The van der Waals surface area contributed by atoms with Crippen LogP contribution in [0.5, 0.6) is 5.75 Å². The van der Waals surface area contributed by atoms with Crippen molar-refractivity contribution >= 4 is 40.5 Å². The normalized spacial score (nSPS) is 16.0. The Morgan fingerprint density at radius 2 is 1.86 bits per heavy atom. The molecule has 0 bridgehead atoms. The van der Waals surface area contributed by atoms with E-state index in [1.54, 1.807) is 19.2 Å². The largest absolute Gasteiger partial charge is 0.497 e. The van der Waals surface area contributed by atoms with Crippen molar-refractivity contribution in [2.45, 2.75) is 19.8 Å². The van der Waals surface area contributed by atoms with Crippen molar-refractivity contribution in [3.05, 3.63) is 63.8 Å². The minimum absolute atomic E-state index is 0.0936. The van der Waals surface area contributed by atoms with Crippen molar-refractivity contribution in [2.24, 2.45) is 5.92 Å². The predicted molar refractivity (Wildman–Crippen MR) is 112 cm³/mol. The van der Waals surface area contributed by atoms with E-state index in [9.17, 15) is 4.79 Å². The third-order valence-corrected chi connectivity index (χ3v) is 5.57. The van der Waals surface area contributed by atoms with Gasteiger partial charge in [0.05, 0.1) is 34.1 Å². The number of ketones is 1. The van der Waals surface area contributed by atoms with Gasteiger partial charge in [0.25, 0.3) is 0 Å². The average molecular weight is 416 g/mol.